The number of aliphatic carboxylic acids is 1. The number of benzene rings is 1. The molecule has 2 aromatic rings. The Bertz CT molecular complexity index is 730. The van der Waals surface area contributed by atoms with E-state index in [0.29, 0.717) is 11.4 Å². The summed E-state index contributed by atoms with van der Waals surface area (Å²) in [5.74, 6) is -1.47. The van der Waals surface area contributed by atoms with Crippen LogP contribution < -0.4 is 10.1 Å². The number of pyridine rings is 1. The standard InChI is InChI=1S/C18H20N2O4/c1-12-6-5-9-19-16(12)17(21)20-11-14(18(22)23)10-13-7-3-4-8-15(13)24-2/h3-9,14H,10-11H2,1-2H3,(H,20,21)(H,22,23). The zero-order valence-corrected chi connectivity index (χ0v) is 13.7. The minimum absolute atomic E-state index is 0.0161. The SMILES string of the molecule is COc1ccccc1CC(CNC(=O)c1ncccc1C)C(=O)O. The van der Waals surface area contributed by atoms with Crippen LogP contribution in [0, 0.1) is 12.8 Å². The van der Waals surface area contributed by atoms with Crippen molar-refractivity contribution in [1.82, 2.24) is 10.3 Å². The number of rotatable bonds is 7. The number of hydrogen-bond donors (Lipinski definition) is 2. The fraction of sp³-hybridized carbons (Fsp3) is 0.278. The van der Waals surface area contributed by atoms with Gasteiger partial charge < -0.3 is 15.2 Å². The molecule has 24 heavy (non-hydrogen) atoms. The molecule has 1 atom stereocenters. The van der Waals surface area contributed by atoms with Crippen molar-refractivity contribution >= 4 is 11.9 Å². The summed E-state index contributed by atoms with van der Waals surface area (Å²) in [7, 11) is 1.54. The van der Waals surface area contributed by atoms with Crippen molar-refractivity contribution in [3.05, 3.63) is 59.4 Å². The van der Waals surface area contributed by atoms with Gasteiger partial charge in [-0.2, -0.15) is 0 Å². The number of nitrogens with one attached hydrogen (secondary N) is 1. The van der Waals surface area contributed by atoms with Crippen molar-refractivity contribution in [2.75, 3.05) is 13.7 Å². The van der Waals surface area contributed by atoms with E-state index in [0.717, 1.165) is 11.1 Å². The third-order valence-corrected chi connectivity index (χ3v) is 3.74. The van der Waals surface area contributed by atoms with Crippen LogP contribution in [0.5, 0.6) is 5.75 Å². The van der Waals surface area contributed by atoms with Crippen molar-refractivity contribution in [1.29, 1.82) is 0 Å². The van der Waals surface area contributed by atoms with Crippen LogP contribution in [0.1, 0.15) is 21.6 Å². The number of aromatic nitrogens is 1. The van der Waals surface area contributed by atoms with Crippen molar-refractivity contribution in [3.63, 3.8) is 0 Å². The smallest absolute Gasteiger partial charge is 0.308 e. The van der Waals surface area contributed by atoms with Crippen LogP contribution in [0.3, 0.4) is 0 Å². The summed E-state index contributed by atoms with van der Waals surface area (Å²) in [6.45, 7) is 1.80. The highest BCUT2D eigenvalue weighted by Gasteiger charge is 2.21. The third-order valence-electron chi connectivity index (χ3n) is 3.74. The Kier molecular flexibility index (Phi) is 5.89. The van der Waals surface area contributed by atoms with Crippen LogP contribution >= 0.6 is 0 Å². The Morgan fingerprint density at radius 1 is 1.25 bits per heavy atom. The molecule has 2 rings (SSSR count). The molecule has 0 saturated heterocycles. The number of para-hydroxylation sites is 1. The molecule has 1 amide bonds. The molecule has 126 valence electrons. The molecule has 0 aliphatic rings. The van der Waals surface area contributed by atoms with Crippen molar-refractivity contribution in [3.8, 4) is 5.75 Å². The number of carboxylic acid groups (broad SMARTS) is 1. The third kappa shape index (κ3) is 4.32. The number of hydrogen-bond acceptors (Lipinski definition) is 4. The van der Waals surface area contributed by atoms with Crippen LogP contribution in [0.4, 0.5) is 0 Å². The highest BCUT2D eigenvalue weighted by Crippen LogP contribution is 2.21. The van der Waals surface area contributed by atoms with Gasteiger partial charge in [-0.3, -0.25) is 14.6 Å². The van der Waals surface area contributed by atoms with Gasteiger partial charge in [-0.1, -0.05) is 24.3 Å². The van der Waals surface area contributed by atoms with Gasteiger partial charge in [0.25, 0.3) is 5.91 Å². The lowest BCUT2D eigenvalue weighted by Crippen LogP contribution is -2.34. The first-order chi connectivity index (χ1) is 11.5. The number of carboxylic acids is 1. The molecule has 1 aromatic heterocycles. The monoisotopic (exact) mass is 328 g/mol. The maximum absolute atomic E-state index is 12.2. The topological polar surface area (TPSA) is 88.5 Å². The van der Waals surface area contributed by atoms with Crippen molar-refractivity contribution < 1.29 is 19.4 Å². The minimum Gasteiger partial charge on any atom is -0.496 e. The molecule has 1 aromatic carbocycles. The average molecular weight is 328 g/mol. The van der Waals surface area contributed by atoms with Gasteiger partial charge >= 0.3 is 5.97 Å². The summed E-state index contributed by atoms with van der Waals surface area (Å²) in [5, 5.41) is 12.1. The molecule has 0 spiro atoms. The summed E-state index contributed by atoms with van der Waals surface area (Å²) in [5.41, 5.74) is 1.83. The van der Waals surface area contributed by atoms with Crippen LogP contribution in [0.25, 0.3) is 0 Å². The first-order valence-corrected chi connectivity index (χ1v) is 7.57. The molecule has 0 bridgehead atoms. The molecule has 1 heterocycles. The summed E-state index contributed by atoms with van der Waals surface area (Å²) in [6.07, 6.45) is 1.80. The van der Waals surface area contributed by atoms with Crippen LogP contribution in [0.2, 0.25) is 0 Å². The molecular weight excluding hydrogens is 308 g/mol. The Balaban J connectivity index is 2.05. The summed E-state index contributed by atoms with van der Waals surface area (Å²) in [6, 6.07) is 10.8. The molecule has 0 aliphatic carbocycles. The number of aryl methyl sites for hydroxylation is 1. The Hall–Kier alpha value is -2.89. The van der Waals surface area contributed by atoms with E-state index in [1.54, 1.807) is 32.2 Å². The van der Waals surface area contributed by atoms with Crippen LogP contribution in [0.15, 0.2) is 42.6 Å². The van der Waals surface area contributed by atoms with Crippen LogP contribution in [-0.2, 0) is 11.2 Å². The fourth-order valence-corrected chi connectivity index (χ4v) is 2.41. The van der Waals surface area contributed by atoms with Gasteiger partial charge in [0.2, 0.25) is 0 Å². The van der Waals surface area contributed by atoms with E-state index in [9.17, 15) is 14.7 Å². The lowest BCUT2D eigenvalue weighted by atomic mass is 9.98. The second-order valence-corrected chi connectivity index (χ2v) is 5.43. The van der Waals surface area contributed by atoms with Gasteiger partial charge in [0.15, 0.2) is 0 Å². The van der Waals surface area contributed by atoms with Gasteiger partial charge in [0, 0.05) is 12.7 Å². The van der Waals surface area contributed by atoms with Gasteiger partial charge in [0.05, 0.1) is 13.0 Å². The van der Waals surface area contributed by atoms with E-state index in [4.69, 9.17) is 4.74 Å². The van der Waals surface area contributed by atoms with E-state index < -0.39 is 11.9 Å². The number of ether oxygens (including phenoxy) is 1. The average Bonchev–Trinajstić information content (AvgIpc) is 2.58. The maximum atomic E-state index is 12.2. The van der Waals surface area contributed by atoms with E-state index >= 15 is 0 Å². The van der Waals surface area contributed by atoms with E-state index in [-0.39, 0.29) is 18.9 Å². The van der Waals surface area contributed by atoms with Gasteiger partial charge in [-0.15, -0.1) is 0 Å². The zero-order valence-electron chi connectivity index (χ0n) is 13.7. The molecule has 6 heteroatoms. The Labute approximate surface area is 140 Å². The maximum Gasteiger partial charge on any atom is 0.308 e. The molecule has 0 fully saturated rings. The quantitative estimate of drug-likeness (QED) is 0.812. The summed E-state index contributed by atoms with van der Waals surface area (Å²) in [4.78, 5) is 27.7. The zero-order chi connectivity index (χ0) is 17.5. The highest BCUT2D eigenvalue weighted by molar-refractivity contribution is 5.93. The second-order valence-electron chi connectivity index (χ2n) is 5.43. The normalized spacial score (nSPS) is 11.6. The number of amides is 1. The molecule has 2 N–H and O–H groups in total. The first-order valence-electron chi connectivity index (χ1n) is 7.57. The van der Waals surface area contributed by atoms with E-state index in [2.05, 4.69) is 10.3 Å². The highest BCUT2D eigenvalue weighted by atomic mass is 16.5. The molecule has 0 aliphatic heterocycles. The van der Waals surface area contributed by atoms with E-state index in [1.807, 2.05) is 18.2 Å². The fourth-order valence-electron chi connectivity index (χ4n) is 2.41. The Morgan fingerprint density at radius 2 is 2.00 bits per heavy atom. The van der Waals surface area contributed by atoms with Crippen molar-refractivity contribution in [2.45, 2.75) is 13.3 Å². The Morgan fingerprint density at radius 3 is 2.67 bits per heavy atom. The molecule has 0 radical (unpaired) electrons. The summed E-state index contributed by atoms with van der Waals surface area (Å²) >= 11 is 0. The molecule has 1 unspecified atom stereocenters. The van der Waals surface area contributed by atoms with Gasteiger partial charge in [-0.05, 0) is 36.6 Å². The predicted octanol–water partition coefficient (Wildman–Crippen LogP) is 2.07. The van der Waals surface area contributed by atoms with Crippen molar-refractivity contribution in [2.24, 2.45) is 5.92 Å². The van der Waals surface area contributed by atoms with Gasteiger partial charge in [0.1, 0.15) is 11.4 Å². The molecule has 6 nitrogen and oxygen atoms in total. The molecular formula is C18H20N2O4. The number of methoxy groups -OCH3 is 1. The molecule has 0 saturated carbocycles. The lowest BCUT2D eigenvalue weighted by molar-refractivity contribution is -0.141. The number of carbonyl (C=O) groups excluding carboxylic acids is 1. The predicted molar refractivity (Wildman–Crippen MR) is 89.1 cm³/mol. The first kappa shape index (κ1) is 17.5. The summed E-state index contributed by atoms with van der Waals surface area (Å²) < 4.78 is 5.25. The second kappa shape index (κ2) is 8.10. The van der Waals surface area contributed by atoms with Crippen LogP contribution in [-0.4, -0.2) is 35.6 Å². The largest absolute Gasteiger partial charge is 0.496 e. The van der Waals surface area contributed by atoms with Gasteiger partial charge in [-0.25, -0.2) is 0 Å². The number of nitrogens with zero attached hydrogens (tertiary/aromatic N) is 1. The number of carbonyl (C=O) groups is 2. The lowest BCUT2D eigenvalue weighted by Gasteiger charge is -2.15. The van der Waals surface area contributed by atoms with E-state index in [1.165, 1.54) is 6.20 Å². The minimum atomic E-state index is -0.973.